The molecule has 0 fully saturated rings. The van der Waals surface area contributed by atoms with E-state index in [1.807, 2.05) is 130 Å². The van der Waals surface area contributed by atoms with Crippen molar-refractivity contribution < 1.29 is 28.4 Å². The van der Waals surface area contributed by atoms with Gasteiger partial charge in [0.2, 0.25) is 0 Å². The topological polar surface area (TPSA) is 131 Å². The summed E-state index contributed by atoms with van der Waals surface area (Å²) in [6.07, 6.45) is 5.32. The first-order chi connectivity index (χ1) is 29.5. The lowest BCUT2D eigenvalue weighted by Gasteiger charge is -2.10. The molecule has 0 amide bonds. The Morgan fingerprint density at radius 3 is 0.800 bits per heavy atom. The number of aliphatic imine (C=N–C) groups is 3. The van der Waals surface area contributed by atoms with Crippen LogP contribution in [0.3, 0.4) is 0 Å². The Hall–Kier alpha value is -7.86. The van der Waals surface area contributed by atoms with E-state index in [2.05, 4.69) is 29.9 Å². The van der Waals surface area contributed by atoms with Gasteiger partial charge in [-0.3, -0.25) is 15.0 Å². The van der Waals surface area contributed by atoms with Crippen molar-refractivity contribution >= 4 is 35.7 Å². The zero-order chi connectivity index (χ0) is 41.4. The molecule has 0 N–H and O–H groups in total. The molecular weight excluding hydrogens is 757 g/mol. The van der Waals surface area contributed by atoms with Gasteiger partial charge in [0, 0.05) is 18.6 Å². The summed E-state index contributed by atoms with van der Waals surface area (Å²) >= 11 is 0. The molecule has 0 atom stereocenters. The summed E-state index contributed by atoms with van der Waals surface area (Å²) < 4.78 is 34.8. The van der Waals surface area contributed by atoms with Crippen LogP contribution < -0.4 is 28.4 Å². The highest BCUT2D eigenvalue weighted by molar-refractivity contribution is 5.83. The van der Waals surface area contributed by atoms with Crippen molar-refractivity contribution in [3.63, 3.8) is 0 Å². The third-order valence-electron chi connectivity index (χ3n) is 8.37. The maximum atomic E-state index is 6.09. The molecule has 60 heavy (non-hydrogen) atoms. The Balaban J connectivity index is 1.06. The number of aromatic nitrogens is 3. The first-order valence-electron chi connectivity index (χ1n) is 19.4. The van der Waals surface area contributed by atoms with Gasteiger partial charge in [0.1, 0.15) is 34.5 Å². The van der Waals surface area contributed by atoms with Crippen LogP contribution in [0.2, 0.25) is 0 Å². The third kappa shape index (κ3) is 12.1. The summed E-state index contributed by atoms with van der Waals surface area (Å²) in [5, 5.41) is 0. The fourth-order valence-electron chi connectivity index (χ4n) is 5.47. The van der Waals surface area contributed by atoms with Gasteiger partial charge in [-0.05, 0) is 183 Å². The second kappa shape index (κ2) is 20.5. The number of ether oxygens (including phenoxy) is 6. The molecule has 0 aliphatic heterocycles. The van der Waals surface area contributed by atoms with Gasteiger partial charge in [0.15, 0.2) is 0 Å². The molecule has 1 aromatic heterocycles. The molecule has 7 aromatic rings. The summed E-state index contributed by atoms with van der Waals surface area (Å²) in [4.78, 5) is 27.0. The molecule has 0 radical (unpaired) electrons. The minimum Gasteiger partial charge on any atom is -0.494 e. The minimum absolute atomic E-state index is 0.0241. The first-order valence-corrected chi connectivity index (χ1v) is 19.4. The average molecular weight is 799 g/mol. The summed E-state index contributed by atoms with van der Waals surface area (Å²) in [6, 6.07) is 44.8. The molecule has 0 spiro atoms. The van der Waals surface area contributed by atoms with Crippen molar-refractivity contribution in [3.8, 4) is 52.5 Å². The molecule has 7 rings (SSSR count). The zero-order valence-electron chi connectivity index (χ0n) is 33.3. The van der Waals surface area contributed by atoms with Gasteiger partial charge in [0.25, 0.3) is 0 Å². The lowest BCUT2D eigenvalue weighted by atomic mass is 10.2. The van der Waals surface area contributed by atoms with Gasteiger partial charge in [0.05, 0.1) is 36.9 Å². The molecule has 0 bridgehead atoms. The van der Waals surface area contributed by atoms with Gasteiger partial charge in [-0.2, -0.15) is 0 Å². The van der Waals surface area contributed by atoms with Crippen LogP contribution in [0.1, 0.15) is 37.5 Å². The van der Waals surface area contributed by atoms with Gasteiger partial charge >= 0.3 is 18.0 Å². The van der Waals surface area contributed by atoms with E-state index >= 15 is 0 Å². The molecule has 0 saturated heterocycles. The largest absolute Gasteiger partial charge is 0.494 e. The number of hydrogen-bond donors (Lipinski definition) is 0. The van der Waals surface area contributed by atoms with Gasteiger partial charge in [-0.25, -0.2) is 0 Å². The Labute approximate surface area is 348 Å². The van der Waals surface area contributed by atoms with E-state index < -0.39 is 0 Å². The van der Waals surface area contributed by atoms with Crippen LogP contribution in [0.15, 0.2) is 161 Å². The second-order valence-electron chi connectivity index (χ2n) is 12.8. The van der Waals surface area contributed by atoms with Crippen LogP contribution in [-0.4, -0.2) is 53.4 Å². The second-order valence-corrected chi connectivity index (χ2v) is 12.8. The van der Waals surface area contributed by atoms with Gasteiger partial charge in [-0.1, -0.05) is 0 Å². The van der Waals surface area contributed by atoms with Crippen LogP contribution in [0, 0.1) is 0 Å². The van der Waals surface area contributed by atoms with Gasteiger partial charge < -0.3 is 28.4 Å². The molecule has 12 nitrogen and oxygen atoms in total. The van der Waals surface area contributed by atoms with Crippen molar-refractivity contribution in [2.24, 2.45) is 15.0 Å². The maximum absolute atomic E-state index is 6.09. The Morgan fingerprint density at radius 1 is 0.333 bits per heavy atom. The number of benzene rings is 6. The molecule has 6 aromatic carbocycles. The molecule has 0 saturated carbocycles. The summed E-state index contributed by atoms with van der Waals surface area (Å²) in [7, 11) is 0. The fourth-order valence-corrected chi connectivity index (χ4v) is 5.47. The Kier molecular flexibility index (Phi) is 13.8. The standard InChI is InChI=1S/C48H42N6O6/c1-4-55-40-25-13-37(14-26-40)49-31-34-7-19-43(20-8-34)58-46-52-47(59-44-21-9-35(10-22-44)32-50-38-15-27-41(28-16-38)56-5-2)54-48(53-46)60-45-23-11-36(12-24-45)33-51-39-17-29-42(30-18-39)57-6-3/h7-33H,4-6H2,1-3H3. The Bertz CT molecular complexity index is 2210. The van der Waals surface area contributed by atoms with E-state index in [1.54, 1.807) is 55.0 Å². The molecule has 300 valence electrons. The lowest BCUT2D eigenvalue weighted by molar-refractivity contribution is 0.340. The number of hydrogen-bond acceptors (Lipinski definition) is 12. The quantitative estimate of drug-likeness (QED) is 0.0778. The van der Waals surface area contributed by atoms with Crippen LogP contribution in [0.25, 0.3) is 0 Å². The highest BCUT2D eigenvalue weighted by Crippen LogP contribution is 2.28. The monoisotopic (exact) mass is 798 g/mol. The normalized spacial score (nSPS) is 11.2. The van der Waals surface area contributed by atoms with E-state index in [-0.39, 0.29) is 18.0 Å². The molecule has 0 unspecified atom stereocenters. The lowest BCUT2D eigenvalue weighted by Crippen LogP contribution is -2.01. The maximum Gasteiger partial charge on any atom is 0.331 e. The average Bonchev–Trinajstić information content (AvgIpc) is 3.27. The molecule has 0 aliphatic rings. The Morgan fingerprint density at radius 2 is 0.567 bits per heavy atom. The zero-order valence-corrected chi connectivity index (χ0v) is 33.3. The van der Waals surface area contributed by atoms with Crippen LogP contribution >= 0.6 is 0 Å². The first kappa shape index (κ1) is 40.3. The van der Waals surface area contributed by atoms with Crippen LogP contribution in [-0.2, 0) is 0 Å². The van der Waals surface area contributed by atoms with E-state index in [0.29, 0.717) is 37.1 Å². The van der Waals surface area contributed by atoms with E-state index in [1.165, 1.54) is 0 Å². The predicted octanol–water partition coefficient (Wildman–Crippen LogP) is 11.7. The summed E-state index contributed by atoms with van der Waals surface area (Å²) in [5.41, 5.74) is 5.05. The van der Waals surface area contributed by atoms with E-state index in [9.17, 15) is 0 Å². The number of rotatable bonds is 18. The predicted molar refractivity (Wildman–Crippen MR) is 234 cm³/mol. The molecular formula is C48H42N6O6. The van der Waals surface area contributed by atoms with Crippen molar-refractivity contribution in [2.75, 3.05) is 19.8 Å². The SMILES string of the molecule is CCOc1ccc(N=Cc2ccc(Oc3nc(Oc4ccc(C=Nc5ccc(OCC)cc5)cc4)nc(Oc4ccc(C=Nc5ccc(OCC)cc5)cc4)n3)cc2)cc1. The number of nitrogens with zero attached hydrogens (tertiary/aromatic N) is 6. The van der Waals surface area contributed by atoms with E-state index in [0.717, 1.165) is 51.0 Å². The highest BCUT2D eigenvalue weighted by atomic mass is 16.5. The van der Waals surface area contributed by atoms with Crippen molar-refractivity contribution in [1.29, 1.82) is 0 Å². The molecule has 0 aliphatic carbocycles. The highest BCUT2D eigenvalue weighted by Gasteiger charge is 2.13. The van der Waals surface area contributed by atoms with Crippen molar-refractivity contribution in [2.45, 2.75) is 20.8 Å². The summed E-state index contributed by atoms with van der Waals surface area (Å²) in [6.45, 7) is 7.68. The van der Waals surface area contributed by atoms with Crippen molar-refractivity contribution in [3.05, 3.63) is 162 Å². The minimum atomic E-state index is -0.0241. The third-order valence-corrected chi connectivity index (χ3v) is 8.37. The smallest absolute Gasteiger partial charge is 0.331 e. The van der Waals surface area contributed by atoms with Crippen LogP contribution in [0.5, 0.6) is 52.5 Å². The van der Waals surface area contributed by atoms with Crippen molar-refractivity contribution in [1.82, 2.24) is 15.0 Å². The van der Waals surface area contributed by atoms with Gasteiger partial charge in [-0.15, -0.1) is 15.0 Å². The fraction of sp³-hybridized carbons (Fsp3) is 0.125. The van der Waals surface area contributed by atoms with Crippen LogP contribution in [0.4, 0.5) is 17.1 Å². The van der Waals surface area contributed by atoms with E-state index in [4.69, 9.17) is 28.4 Å². The molecule has 12 heteroatoms. The summed E-state index contributed by atoms with van der Waals surface area (Å²) in [5.74, 6) is 3.88. The molecule has 1 heterocycles.